The summed E-state index contributed by atoms with van der Waals surface area (Å²) in [6.07, 6.45) is 0.124. The molecule has 1 atom stereocenters. The zero-order valence-electron chi connectivity index (χ0n) is 16.1. The predicted octanol–water partition coefficient (Wildman–Crippen LogP) is 3.33. The van der Waals surface area contributed by atoms with Gasteiger partial charge in [0.1, 0.15) is 6.04 Å². The Hall–Kier alpha value is -2.17. The molecular weight excluding hydrogens is 324 g/mol. The summed E-state index contributed by atoms with van der Waals surface area (Å²) in [5.41, 5.74) is 4.67. The lowest BCUT2D eigenvalue weighted by Crippen LogP contribution is -2.57. The molecule has 1 heterocycles. The minimum absolute atomic E-state index is 0.124. The van der Waals surface area contributed by atoms with E-state index in [9.17, 15) is 4.79 Å². The number of benzene rings is 2. The maximum Gasteiger partial charge on any atom is 0.244 e. The van der Waals surface area contributed by atoms with E-state index in [-0.39, 0.29) is 18.1 Å². The van der Waals surface area contributed by atoms with Crippen LogP contribution < -0.4 is 0 Å². The van der Waals surface area contributed by atoms with Crippen LogP contribution in [0.15, 0.2) is 48.5 Å². The van der Waals surface area contributed by atoms with Crippen molar-refractivity contribution >= 4 is 5.91 Å². The van der Waals surface area contributed by atoms with Crippen LogP contribution >= 0.6 is 0 Å². The van der Waals surface area contributed by atoms with Gasteiger partial charge in [0.05, 0.1) is 12.7 Å². The highest BCUT2D eigenvalue weighted by Gasteiger charge is 2.36. The average molecular weight is 352 g/mol. The summed E-state index contributed by atoms with van der Waals surface area (Å²) in [7, 11) is 3.91. The summed E-state index contributed by atoms with van der Waals surface area (Å²) in [6.45, 7) is 6.09. The number of rotatable bonds is 6. The molecule has 0 aromatic heterocycles. The highest BCUT2D eigenvalue weighted by atomic mass is 16.5. The molecule has 1 aliphatic heterocycles. The molecule has 26 heavy (non-hydrogen) atoms. The molecule has 1 aliphatic rings. The second kappa shape index (κ2) is 8.02. The minimum Gasteiger partial charge on any atom is -0.370 e. The van der Waals surface area contributed by atoms with Crippen molar-refractivity contribution in [2.75, 3.05) is 27.2 Å². The molecule has 1 saturated heterocycles. The van der Waals surface area contributed by atoms with Crippen molar-refractivity contribution in [3.63, 3.8) is 0 Å². The number of hydrogen-bond donors (Lipinski definition) is 0. The number of aryl methyl sites for hydroxylation is 2. The highest BCUT2D eigenvalue weighted by molar-refractivity contribution is 5.84. The van der Waals surface area contributed by atoms with Crippen LogP contribution in [0.1, 0.15) is 28.3 Å². The predicted molar refractivity (Wildman–Crippen MR) is 104 cm³/mol. The van der Waals surface area contributed by atoms with Crippen molar-refractivity contribution in [3.05, 3.63) is 70.8 Å². The number of hydrogen-bond acceptors (Lipinski definition) is 3. The monoisotopic (exact) mass is 352 g/mol. The Balaban J connectivity index is 1.57. The molecule has 0 aliphatic carbocycles. The second-order valence-corrected chi connectivity index (χ2v) is 7.38. The van der Waals surface area contributed by atoms with Crippen molar-refractivity contribution in [2.24, 2.45) is 0 Å². The van der Waals surface area contributed by atoms with Crippen molar-refractivity contribution in [2.45, 2.75) is 32.6 Å². The molecule has 4 heteroatoms. The Morgan fingerprint density at radius 2 is 1.88 bits per heavy atom. The van der Waals surface area contributed by atoms with Crippen LogP contribution in [0, 0.1) is 13.8 Å². The van der Waals surface area contributed by atoms with Gasteiger partial charge in [0, 0.05) is 13.1 Å². The number of nitrogens with zero attached hydrogens (tertiary/aromatic N) is 2. The van der Waals surface area contributed by atoms with Gasteiger partial charge in [-0.3, -0.25) is 9.69 Å². The lowest BCUT2D eigenvalue weighted by molar-refractivity contribution is -0.151. The van der Waals surface area contributed by atoms with E-state index in [4.69, 9.17) is 4.74 Å². The van der Waals surface area contributed by atoms with E-state index < -0.39 is 0 Å². The topological polar surface area (TPSA) is 32.8 Å². The average Bonchev–Trinajstić information content (AvgIpc) is 2.55. The first-order chi connectivity index (χ1) is 12.5. The highest BCUT2D eigenvalue weighted by Crippen LogP contribution is 2.25. The lowest BCUT2D eigenvalue weighted by atomic mass is 10.00. The van der Waals surface area contributed by atoms with Gasteiger partial charge in [0.25, 0.3) is 0 Å². The zero-order chi connectivity index (χ0) is 18.7. The summed E-state index contributed by atoms with van der Waals surface area (Å²) in [5.74, 6) is 0.149. The van der Waals surface area contributed by atoms with E-state index in [1.807, 2.05) is 48.2 Å². The molecule has 0 saturated carbocycles. The Morgan fingerprint density at radius 3 is 2.54 bits per heavy atom. The Bertz CT molecular complexity index is 766. The zero-order valence-corrected chi connectivity index (χ0v) is 16.1. The minimum atomic E-state index is -0.243. The van der Waals surface area contributed by atoms with Crippen LogP contribution in [0.25, 0.3) is 0 Å². The maximum absolute atomic E-state index is 13.0. The van der Waals surface area contributed by atoms with Crippen LogP contribution in [-0.4, -0.2) is 49.0 Å². The van der Waals surface area contributed by atoms with Gasteiger partial charge in [-0.05, 0) is 44.6 Å². The molecule has 4 nitrogen and oxygen atoms in total. The molecular formula is C22H28N2O2. The van der Waals surface area contributed by atoms with Crippen LogP contribution in [-0.2, 0) is 16.1 Å². The molecule has 0 bridgehead atoms. The Kier molecular flexibility index (Phi) is 5.74. The van der Waals surface area contributed by atoms with Gasteiger partial charge < -0.3 is 9.64 Å². The van der Waals surface area contributed by atoms with Crippen molar-refractivity contribution in [3.8, 4) is 0 Å². The third kappa shape index (κ3) is 4.14. The fourth-order valence-corrected chi connectivity index (χ4v) is 3.38. The third-order valence-corrected chi connectivity index (χ3v) is 5.00. The maximum atomic E-state index is 13.0. The number of ether oxygens (including phenoxy) is 1. The van der Waals surface area contributed by atoms with Gasteiger partial charge in [0.2, 0.25) is 5.91 Å². The lowest BCUT2D eigenvalue weighted by Gasteiger charge is -2.42. The summed E-state index contributed by atoms with van der Waals surface area (Å²) in [4.78, 5) is 16.9. The van der Waals surface area contributed by atoms with E-state index in [0.717, 1.165) is 5.56 Å². The van der Waals surface area contributed by atoms with Crippen LogP contribution in [0.3, 0.4) is 0 Å². The van der Waals surface area contributed by atoms with Crippen molar-refractivity contribution in [1.29, 1.82) is 0 Å². The van der Waals surface area contributed by atoms with E-state index >= 15 is 0 Å². The van der Waals surface area contributed by atoms with Gasteiger partial charge in [0.15, 0.2) is 0 Å². The molecule has 1 fully saturated rings. The summed E-state index contributed by atoms with van der Waals surface area (Å²) in [6, 6.07) is 16.2. The largest absolute Gasteiger partial charge is 0.370 e. The van der Waals surface area contributed by atoms with Crippen LogP contribution in [0.2, 0.25) is 0 Å². The van der Waals surface area contributed by atoms with Crippen LogP contribution in [0.4, 0.5) is 0 Å². The normalized spacial score (nSPS) is 15.8. The summed E-state index contributed by atoms with van der Waals surface area (Å²) < 4.78 is 5.98. The van der Waals surface area contributed by atoms with E-state index in [0.29, 0.717) is 19.7 Å². The quantitative estimate of drug-likeness (QED) is 0.799. The molecule has 1 amide bonds. The molecule has 0 N–H and O–H groups in total. The standard InChI is InChI=1S/C22H28N2O2/c1-16-8-7-11-18(12-16)21(23(3)4)22(25)24-13-20(14-24)26-15-19-10-6-5-9-17(19)2/h5-12,20-21H,13-15H2,1-4H3/t21-/m0/s1. The number of likely N-dealkylation sites (N-methyl/N-ethyl adjacent to an activating group) is 1. The van der Waals surface area contributed by atoms with E-state index in [1.54, 1.807) is 0 Å². The number of carbonyl (C=O) groups excluding carboxylic acids is 1. The molecule has 0 unspecified atom stereocenters. The number of carbonyl (C=O) groups is 1. The van der Waals surface area contributed by atoms with E-state index in [2.05, 4.69) is 38.1 Å². The SMILES string of the molecule is Cc1cccc([C@@H](C(=O)N2CC(OCc3ccccc3C)C2)N(C)C)c1. The molecule has 0 radical (unpaired) electrons. The first-order valence-electron chi connectivity index (χ1n) is 9.13. The smallest absolute Gasteiger partial charge is 0.244 e. The van der Waals surface area contributed by atoms with Gasteiger partial charge in [-0.15, -0.1) is 0 Å². The first-order valence-corrected chi connectivity index (χ1v) is 9.13. The fourth-order valence-electron chi connectivity index (χ4n) is 3.38. The third-order valence-electron chi connectivity index (χ3n) is 5.00. The van der Waals surface area contributed by atoms with Crippen molar-refractivity contribution < 1.29 is 9.53 Å². The Morgan fingerprint density at radius 1 is 1.15 bits per heavy atom. The summed E-state index contributed by atoms with van der Waals surface area (Å²) in [5, 5.41) is 0. The van der Waals surface area contributed by atoms with Crippen LogP contribution in [0.5, 0.6) is 0 Å². The van der Waals surface area contributed by atoms with E-state index in [1.165, 1.54) is 16.7 Å². The number of likely N-dealkylation sites (tertiary alicyclic amines) is 1. The first kappa shape index (κ1) is 18.6. The number of amides is 1. The molecule has 3 rings (SSSR count). The van der Waals surface area contributed by atoms with Crippen molar-refractivity contribution in [1.82, 2.24) is 9.80 Å². The van der Waals surface area contributed by atoms with Gasteiger partial charge in [-0.2, -0.15) is 0 Å². The molecule has 2 aromatic rings. The van der Waals surface area contributed by atoms with Gasteiger partial charge in [-0.1, -0.05) is 54.1 Å². The molecule has 0 spiro atoms. The fraction of sp³-hybridized carbons (Fsp3) is 0.409. The summed E-state index contributed by atoms with van der Waals surface area (Å²) >= 11 is 0. The van der Waals surface area contributed by atoms with Gasteiger partial charge >= 0.3 is 0 Å². The second-order valence-electron chi connectivity index (χ2n) is 7.38. The molecule has 138 valence electrons. The molecule has 2 aromatic carbocycles. The Labute approximate surface area is 156 Å². The van der Waals surface area contributed by atoms with Gasteiger partial charge in [-0.25, -0.2) is 0 Å².